The highest BCUT2D eigenvalue weighted by Gasteiger charge is 2.36. The second-order valence-electron chi connectivity index (χ2n) is 11.0. The minimum absolute atomic E-state index is 0.0731. The van der Waals surface area contributed by atoms with Crippen molar-refractivity contribution >= 4 is 43.5 Å². The number of alkyl halides is 3. The third-order valence-electron chi connectivity index (χ3n) is 7.41. The zero-order valence-electron chi connectivity index (χ0n) is 25.9. The SMILES string of the molecule is CCCNC(=O)C(Cc1ccccc1)N(Cc1cccc(Br)c1)C(=O)CN(c1cccc(C(F)(F)F)c1)S(=O)(=O)c1ccc(C)cc1. The van der Waals surface area contributed by atoms with Gasteiger partial charge in [0, 0.05) is 24.0 Å². The maximum absolute atomic E-state index is 14.4. The largest absolute Gasteiger partial charge is 0.416 e. The Kier molecular flexibility index (Phi) is 11.9. The molecule has 0 fully saturated rings. The molecule has 1 atom stereocenters. The molecule has 0 spiro atoms. The average Bonchev–Trinajstić information content (AvgIpc) is 3.04. The maximum atomic E-state index is 14.4. The quantitative estimate of drug-likeness (QED) is 0.159. The molecule has 47 heavy (non-hydrogen) atoms. The van der Waals surface area contributed by atoms with Crippen LogP contribution in [0.4, 0.5) is 18.9 Å². The molecule has 1 N–H and O–H groups in total. The zero-order valence-corrected chi connectivity index (χ0v) is 28.3. The first kappa shape index (κ1) is 35.7. The summed E-state index contributed by atoms with van der Waals surface area (Å²) < 4.78 is 70.9. The van der Waals surface area contributed by atoms with E-state index in [1.54, 1.807) is 55.5 Å². The van der Waals surface area contributed by atoms with Gasteiger partial charge in [-0.3, -0.25) is 13.9 Å². The Labute approximate surface area is 281 Å². The lowest BCUT2D eigenvalue weighted by atomic mass is 10.0. The average molecular weight is 731 g/mol. The lowest BCUT2D eigenvalue weighted by molar-refractivity contribution is -0.140. The van der Waals surface area contributed by atoms with Crippen LogP contribution in [-0.4, -0.2) is 44.3 Å². The lowest BCUT2D eigenvalue weighted by Gasteiger charge is -2.34. The molecule has 0 saturated carbocycles. The number of nitrogens with zero attached hydrogens (tertiary/aromatic N) is 2. The molecule has 4 aromatic rings. The molecule has 248 valence electrons. The summed E-state index contributed by atoms with van der Waals surface area (Å²) in [5.41, 5.74) is 0.775. The molecule has 0 aromatic heterocycles. The van der Waals surface area contributed by atoms with E-state index in [1.165, 1.54) is 23.1 Å². The fourth-order valence-electron chi connectivity index (χ4n) is 4.96. The summed E-state index contributed by atoms with van der Waals surface area (Å²) in [6.45, 7) is 3.07. The summed E-state index contributed by atoms with van der Waals surface area (Å²) in [5.74, 6) is -1.21. The van der Waals surface area contributed by atoms with Crippen molar-refractivity contribution < 1.29 is 31.2 Å². The molecular weight excluding hydrogens is 695 g/mol. The first-order valence-electron chi connectivity index (χ1n) is 14.9. The summed E-state index contributed by atoms with van der Waals surface area (Å²) in [6, 6.07) is 24.7. The van der Waals surface area contributed by atoms with E-state index in [2.05, 4.69) is 21.2 Å². The van der Waals surface area contributed by atoms with Gasteiger partial charge in [-0.1, -0.05) is 89.1 Å². The molecule has 0 aliphatic carbocycles. The van der Waals surface area contributed by atoms with Gasteiger partial charge in [0.1, 0.15) is 12.6 Å². The van der Waals surface area contributed by atoms with Crippen molar-refractivity contribution in [2.75, 3.05) is 17.4 Å². The fraction of sp³-hybridized carbons (Fsp3) is 0.257. The summed E-state index contributed by atoms with van der Waals surface area (Å²) in [5, 5.41) is 2.86. The maximum Gasteiger partial charge on any atom is 0.416 e. The van der Waals surface area contributed by atoms with Crippen molar-refractivity contribution in [2.45, 2.75) is 50.3 Å². The van der Waals surface area contributed by atoms with E-state index in [9.17, 15) is 31.2 Å². The first-order chi connectivity index (χ1) is 22.3. The predicted molar refractivity (Wildman–Crippen MR) is 179 cm³/mol. The van der Waals surface area contributed by atoms with Gasteiger partial charge in [-0.2, -0.15) is 13.2 Å². The van der Waals surface area contributed by atoms with E-state index in [4.69, 9.17) is 0 Å². The molecule has 12 heteroatoms. The van der Waals surface area contributed by atoms with Crippen LogP contribution in [0.1, 0.15) is 35.6 Å². The molecule has 2 amide bonds. The van der Waals surface area contributed by atoms with Crippen LogP contribution in [-0.2, 0) is 38.8 Å². The Hall–Kier alpha value is -4.16. The lowest BCUT2D eigenvalue weighted by Crippen LogP contribution is -2.53. The molecule has 1 unspecified atom stereocenters. The normalized spacial score (nSPS) is 12.3. The van der Waals surface area contributed by atoms with E-state index in [1.807, 2.05) is 25.1 Å². The number of sulfonamides is 1. The molecule has 0 heterocycles. The van der Waals surface area contributed by atoms with Crippen LogP contribution < -0.4 is 9.62 Å². The number of aryl methyl sites for hydroxylation is 1. The van der Waals surface area contributed by atoms with E-state index in [-0.39, 0.29) is 23.5 Å². The van der Waals surface area contributed by atoms with Gasteiger partial charge in [0.05, 0.1) is 16.1 Å². The number of benzene rings is 4. The zero-order chi connectivity index (χ0) is 34.2. The standard InChI is InChI=1S/C35H35BrF3N3O4S/c1-3-19-40-34(44)32(21-26-9-5-4-6-10-26)41(23-27-11-7-13-29(36)20-27)33(43)24-42(30-14-8-12-28(22-30)35(37,38)39)47(45,46)31-17-15-25(2)16-18-31/h4-18,20,22,32H,3,19,21,23-24H2,1-2H3,(H,40,44). The van der Waals surface area contributed by atoms with Crippen molar-refractivity contribution in [1.82, 2.24) is 10.2 Å². The van der Waals surface area contributed by atoms with Crippen molar-refractivity contribution in [3.8, 4) is 0 Å². The highest BCUT2D eigenvalue weighted by atomic mass is 79.9. The number of hydrogen-bond donors (Lipinski definition) is 1. The van der Waals surface area contributed by atoms with E-state index < -0.39 is 46.2 Å². The van der Waals surface area contributed by atoms with E-state index >= 15 is 0 Å². The van der Waals surface area contributed by atoms with Crippen LogP contribution in [0.2, 0.25) is 0 Å². The number of rotatable bonds is 13. The number of amides is 2. The van der Waals surface area contributed by atoms with E-state index in [0.29, 0.717) is 28.9 Å². The number of halogens is 4. The summed E-state index contributed by atoms with van der Waals surface area (Å²) >= 11 is 3.43. The number of nitrogens with one attached hydrogen (secondary N) is 1. The number of hydrogen-bond acceptors (Lipinski definition) is 4. The van der Waals surface area contributed by atoms with Crippen LogP contribution in [0, 0.1) is 6.92 Å². The Morgan fingerprint density at radius 3 is 2.17 bits per heavy atom. The third-order valence-corrected chi connectivity index (χ3v) is 9.69. The monoisotopic (exact) mass is 729 g/mol. The minimum Gasteiger partial charge on any atom is -0.354 e. The Balaban J connectivity index is 1.84. The molecule has 7 nitrogen and oxygen atoms in total. The molecule has 4 rings (SSSR count). The van der Waals surface area contributed by atoms with Crippen molar-refractivity contribution in [3.05, 3.63) is 130 Å². The van der Waals surface area contributed by atoms with Crippen molar-refractivity contribution in [1.29, 1.82) is 0 Å². The van der Waals surface area contributed by atoms with Gasteiger partial charge in [-0.05, 0) is 66.9 Å². The third kappa shape index (κ3) is 9.45. The summed E-state index contributed by atoms with van der Waals surface area (Å²) in [4.78, 5) is 29.2. The fourth-order valence-corrected chi connectivity index (χ4v) is 6.81. The van der Waals surface area contributed by atoms with Crippen LogP contribution >= 0.6 is 15.9 Å². The van der Waals surface area contributed by atoms with Crippen LogP contribution in [0.25, 0.3) is 0 Å². The van der Waals surface area contributed by atoms with Crippen LogP contribution in [0.5, 0.6) is 0 Å². The molecule has 0 bridgehead atoms. The van der Waals surface area contributed by atoms with Gasteiger partial charge < -0.3 is 10.2 Å². The predicted octanol–water partition coefficient (Wildman–Crippen LogP) is 7.14. The Morgan fingerprint density at radius 1 is 0.872 bits per heavy atom. The first-order valence-corrected chi connectivity index (χ1v) is 17.1. The Morgan fingerprint density at radius 2 is 1.53 bits per heavy atom. The van der Waals surface area contributed by atoms with Gasteiger partial charge in [0.15, 0.2) is 0 Å². The van der Waals surface area contributed by atoms with Gasteiger partial charge in [-0.15, -0.1) is 0 Å². The second kappa shape index (κ2) is 15.6. The summed E-state index contributed by atoms with van der Waals surface area (Å²) in [6.07, 6.45) is -4.00. The van der Waals surface area contributed by atoms with Crippen molar-refractivity contribution in [2.24, 2.45) is 0 Å². The molecule has 4 aromatic carbocycles. The molecule has 0 aliphatic rings. The number of carbonyl (C=O) groups is 2. The second-order valence-corrected chi connectivity index (χ2v) is 13.8. The van der Waals surface area contributed by atoms with Gasteiger partial charge in [0.2, 0.25) is 11.8 Å². The van der Waals surface area contributed by atoms with Crippen molar-refractivity contribution in [3.63, 3.8) is 0 Å². The topological polar surface area (TPSA) is 86.8 Å². The minimum atomic E-state index is -4.76. The molecule has 0 radical (unpaired) electrons. The van der Waals surface area contributed by atoms with Crippen LogP contribution in [0.15, 0.2) is 112 Å². The van der Waals surface area contributed by atoms with Gasteiger partial charge in [-0.25, -0.2) is 8.42 Å². The van der Waals surface area contributed by atoms with Gasteiger partial charge in [0.25, 0.3) is 10.0 Å². The number of carbonyl (C=O) groups excluding carboxylic acids is 2. The van der Waals surface area contributed by atoms with E-state index in [0.717, 1.165) is 27.7 Å². The van der Waals surface area contributed by atoms with Gasteiger partial charge >= 0.3 is 6.18 Å². The highest BCUT2D eigenvalue weighted by Crippen LogP contribution is 2.33. The molecular formula is C35H35BrF3N3O4S. The summed E-state index contributed by atoms with van der Waals surface area (Å²) in [7, 11) is -4.55. The highest BCUT2D eigenvalue weighted by molar-refractivity contribution is 9.10. The Bertz CT molecular complexity index is 1790. The number of anilines is 1. The molecule has 0 aliphatic heterocycles. The smallest absolute Gasteiger partial charge is 0.354 e. The van der Waals surface area contributed by atoms with Crippen LogP contribution in [0.3, 0.4) is 0 Å². The molecule has 0 saturated heterocycles.